The largest absolute Gasteiger partial charge is 0.497 e. The third kappa shape index (κ3) is 2.49. The molecular formula is C15H18N2O2. The van der Waals surface area contributed by atoms with Crippen LogP contribution in [0.1, 0.15) is 18.4 Å². The molecule has 0 bridgehead atoms. The molecule has 1 atom stereocenters. The van der Waals surface area contributed by atoms with E-state index < -0.39 is 0 Å². The Balaban J connectivity index is 1.98. The third-order valence-electron chi connectivity index (χ3n) is 3.76. The molecule has 19 heavy (non-hydrogen) atoms. The van der Waals surface area contributed by atoms with Crippen molar-refractivity contribution in [3.05, 3.63) is 40.2 Å². The van der Waals surface area contributed by atoms with E-state index in [0.717, 1.165) is 41.6 Å². The summed E-state index contributed by atoms with van der Waals surface area (Å²) in [6, 6.07) is 8.11. The molecule has 1 fully saturated rings. The van der Waals surface area contributed by atoms with Gasteiger partial charge in [0.1, 0.15) is 5.75 Å². The van der Waals surface area contributed by atoms with Crippen LogP contribution >= 0.6 is 0 Å². The highest BCUT2D eigenvalue weighted by molar-refractivity contribution is 5.80. The molecule has 2 aromatic rings. The van der Waals surface area contributed by atoms with Gasteiger partial charge in [-0.25, -0.2) is 0 Å². The van der Waals surface area contributed by atoms with Gasteiger partial charge in [-0.15, -0.1) is 0 Å². The molecule has 1 unspecified atom stereocenters. The Hall–Kier alpha value is -1.81. The minimum Gasteiger partial charge on any atom is -0.497 e. The Morgan fingerprint density at radius 3 is 3.00 bits per heavy atom. The summed E-state index contributed by atoms with van der Waals surface area (Å²) >= 11 is 0. The zero-order valence-electron chi connectivity index (χ0n) is 11.0. The SMILES string of the molecule is COc1ccc2[nH]c(=O)c(CC3CCCN3)cc2c1. The fraction of sp³-hybridized carbons (Fsp3) is 0.400. The normalized spacial score (nSPS) is 18.9. The first-order chi connectivity index (χ1) is 9.26. The molecule has 2 heterocycles. The summed E-state index contributed by atoms with van der Waals surface area (Å²) in [6.45, 7) is 1.06. The first kappa shape index (κ1) is 12.2. The average molecular weight is 258 g/mol. The molecule has 1 aromatic carbocycles. The highest BCUT2D eigenvalue weighted by atomic mass is 16.5. The van der Waals surface area contributed by atoms with E-state index in [1.165, 1.54) is 6.42 Å². The third-order valence-corrected chi connectivity index (χ3v) is 3.76. The maximum absolute atomic E-state index is 12.1. The second-order valence-corrected chi connectivity index (χ2v) is 5.07. The first-order valence-corrected chi connectivity index (χ1v) is 6.69. The van der Waals surface area contributed by atoms with Crippen molar-refractivity contribution in [2.24, 2.45) is 0 Å². The van der Waals surface area contributed by atoms with Gasteiger partial charge in [-0.2, -0.15) is 0 Å². The lowest BCUT2D eigenvalue weighted by Gasteiger charge is -2.10. The molecule has 1 saturated heterocycles. The fourth-order valence-electron chi connectivity index (χ4n) is 2.70. The monoisotopic (exact) mass is 258 g/mol. The number of ether oxygens (including phenoxy) is 1. The van der Waals surface area contributed by atoms with Crippen LogP contribution in [0.2, 0.25) is 0 Å². The van der Waals surface area contributed by atoms with E-state index in [9.17, 15) is 4.79 Å². The second kappa shape index (κ2) is 5.05. The number of hydrogen-bond donors (Lipinski definition) is 2. The van der Waals surface area contributed by atoms with Crippen LogP contribution in [0, 0.1) is 0 Å². The van der Waals surface area contributed by atoms with Gasteiger partial charge in [-0.1, -0.05) is 0 Å². The number of aromatic nitrogens is 1. The number of H-pyrrole nitrogens is 1. The van der Waals surface area contributed by atoms with Gasteiger partial charge < -0.3 is 15.0 Å². The highest BCUT2D eigenvalue weighted by Gasteiger charge is 2.16. The predicted molar refractivity (Wildman–Crippen MR) is 75.8 cm³/mol. The van der Waals surface area contributed by atoms with Crippen molar-refractivity contribution in [2.45, 2.75) is 25.3 Å². The van der Waals surface area contributed by atoms with Gasteiger partial charge in [0.05, 0.1) is 7.11 Å². The number of hydrogen-bond acceptors (Lipinski definition) is 3. The van der Waals surface area contributed by atoms with Crippen LogP contribution in [0.15, 0.2) is 29.1 Å². The van der Waals surface area contributed by atoms with Crippen LogP contribution in [0.25, 0.3) is 10.9 Å². The quantitative estimate of drug-likeness (QED) is 0.883. The van der Waals surface area contributed by atoms with Crippen molar-refractivity contribution in [2.75, 3.05) is 13.7 Å². The molecule has 0 spiro atoms. The number of nitrogens with one attached hydrogen (secondary N) is 2. The van der Waals surface area contributed by atoms with Crippen molar-refractivity contribution in [1.82, 2.24) is 10.3 Å². The molecule has 4 heteroatoms. The minimum atomic E-state index is 0.0198. The molecule has 1 aromatic heterocycles. The minimum absolute atomic E-state index is 0.0198. The van der Waals surface area contributed by atoms with Gasteiger partial charge in [-0.3, -0.25) is 4.79 Å². The molecule has 0 aliphatic carbocycles. The number of benzene rings is 1. The maximum atomic E-state index is 12.1. The van der Waals surface area contributed by atoms with Crippen molar-refractivity contribution in [1.29, 1.82) is 0 Å². The summed E-state index contributed by atoms with van der Waals surface area (Å²) < 4.78 is 5.22. The lowest BCUT2D eigenvalue weighted by atomic mass is 10.0. The van der Waals surface area contributed by atoms with Gasteiger partial charge in [0, 0.05) is 22.5 Å². The van der Waals surface area contributed by atoms with Gasteiger partial charge in [0.2, 0.25) is 0 Å². The summed E-state index contributed by atoms with van der Waals surface area (Å²) in [7, 11) is 1.65. The van der Waals surface area contributed by atoms with E-state index >= 15 is 0 Å². The van der Waals surface area contributed by atoms with Crippen LogP contribution in [-0.4, -0.2) is 24.7 Å². The zero-order chi connectivity index (χ0) is 13.2. The van der Waals surface area contributed by atoms with Crippen molar-refractivity contribution in [3.63, 3.8) is 0 Å². The topological polar surface area (TPSA) is 54.1 Å². The maximum Gasteiger partial charge on any atom is 0.251 e. The predicted octanol–water partition coefficient (Wildman–Crippen LogP) is 1.83. The van der Waals surface area contributed by atoms with Crippen molar-refractivity contribution in [3.8, 4) is 5.75 Å². The number of aromatic amines is 1. The van der Waals surface area contributed by atoms with Crippen LogP contribution < -0.4 is 15.6 Å². The summed E-state index contributed by atoms with van der Waals surface area (Å²) in [5, 5.41) is 4.45. The zero-order valence-corrected chi connectivity index (χ0v) is 11.0. The number of pyridine rings is 1. The summed E-state index contributed by atoms with van der Waals surface area (Å²) in [5.74, 6) is 0.810. The molecule has 4 nitrogen and oxygen atoms in total. The Morgan fingerprint density at radius 2 is 2.26 bits per heavy atom. The van der Waals surface area contributed by atoms with Gasteiger partial charge in [-0.05, 0) is 50.1 Å². The number of rotatable bonds is 3. The van der Waals surface area contributed by atoms with E-state index in [2.05, 4.69) is 10.3 Å². The van der Waals surface area contributed by atoms with E-state index in [-0.39, 0.29) is 5.56 Å². The molecule has 0 saturated carbocycles. The lowest BCUT2D eigenvalue weighted by molar-refractivity contribution is 0.415. The molecule has 100 valence electrons. The standard InChI is InChI=1S/C15H18N2O2/c1-19-13-4-5-14-10(9-13)7-11(15(18)17-14)8-12-3-2-6-16-12/h4-5,7,9,12,16H,2-3,6,8H2,1H3,(H,17,18). The van der Waals surface area contributed by atoms with Crippen molar-refractivity contribution < 1.29 is 4.74 Å². The van der Waals surface area contributed by atoms with Gasteiger partial charge in [0.15, 0.2) is 0 Å². The summed E-state index contributed by atoms with van der Waals surface area (Å²) in [4.78, 5) is 15.0. The molecule has 1 aliphatic rings. The molecule has 3 rings (SSSR count). The first-order valence-electron chi connectivity index (χ1n) is 6.69. The average Bonchev–Trinajstić information content (AvgIpc) is 2.92. The Kier molecular flexibility index (Phi) is 3.25. The molecule has 1 aliphatic heterocycles. The van der Waals surface area contributed by atoms with E-state index in [1.54, 1.807) is 7.11 Å². The molecule has 0 radical (unpaired) electrons. The van der Waals surface area contributed by atoms with Crippen LogP contribution in [-0.2, 0) is 6.42 Å². The molecular weight excluding hydrogens is 240 g/mol. The van der Waals surface area contributed by atoms with E-state index in [0.29, 0.717) is 6.04 Å². The van der Waals surface area contributed by atoms with Gasteiger partial charge in [0.25, 0.3) is 5.56 Å². The Morgan fingerprint density at radius 1 is 1.37 bits per heavy atom. The van der Waals surface area contributed by atoms with Crippen LogP contribution in [0.5, 0.6) is 5.75 Å². The summed E-state index contributed by atoms with van der Waals surface area (Å²) in [6.07, 6.45) is 3.14. The van der Waals surface area contributed by atoms with Crippen molar-refractivity contribution >= 4 is 10.9 Å². The molecule has 0 amide bonds. The highest BCUT2D eigenvalue weighted by Crippen LogP contribution is 2.19. The summed E-state index contributed by atoms with van der Waals surface area (Å²) in [5.41, 5.74) is 1.72. The lowest BCUT2D eigenvalue weighted by Crippen LogP contribution is -2.27. The Labute approximate surface area is 111 Å². The number of fused-ring (bicyclic) bond motifs is 1. The van der Waals surface area contributed by atoms with Gasteiger partial charge >= 0.3 is 0 Å². The van der Waals surface area contributed by atoms with E-state index in [1.807, 2.05) is 24.3 Å². The van der Waals surface area contributed by atoms with Crippen LogP contribution in [0.4, 0.5) is 0 Å². The Bertz CT molecular complexity index is 642. The second-order valence-electron chi connectivity index (χ2n) is 5.07. The fourth-order valence-corrected chi connectivity index (χ4v) is 2.70. The smallest absolute Gasteiger partial charge is 0.251 e. The van der Waals surface area contributed by atoms with E-state index in [4.69, 9.17) is 4.74 Å². The molecule has 2 N–H and O–H groups in total. The van der Waals surface area contributed by atoms with Crippen LogP contribution in [0.3, 0.4) is 0 Å². The number of methoxy groups -OCH3 is 1.